The summed E-state index contributed by atoms with van der Waals surface area (Å²) >= 11 is 0. The molecule has 0 aliphatic carbocycles. The maximum Gasteiger partial charge on any atom is 0.303 e. The van der Waals surface area contributed by atoms with Crippen LogP contribution in [0.3, 0.4) is 0 Å². The zero-order valence-corrected chi connectivity index (χ0v) is 22.1. The van der Waals surface area contributed by atoms with Gasteiger partial charge in [0.1, 0.15) is 12.1 Å². The van der Waals surface area contributed by atoms with Gasteiger partial charge in [0, 0.05) is 18.8 Å². The molecule has 0 bridgehead atoms. The zero-order chi connectivity index (χ0) is 27.1. The highest BCUT2D eigenvalue weighted by Gasteiger charge is 2.32. The van der Waals surface area contributed by atoms with E-state index >= 15 is 0 Å². The molecule has 202 valence electrons. The second kappa shape index (κ2) is 17.0. The summed E-state index contributed by atoms with van der Waals surface area (Å²) in [7, 11) is 0. The van der Waals surface area contributed by atoms with Crippen molar-refractivity contribution >= 4 is 29.5 Å². The van der Waals surface area contributed by atoms with Gasteiger partial charge in [-0.3, -0.25) is 24.0 Å². The van der Waals surface area contributed by atoms with Crippen LogP contribution in [0.25, 0.3) is 0 Å². The van der Waals surface area contributed by atoms with Crippen molar-refractivity contribution in [1.82, 2.24) is 16.0 Å². The van der Waals surface area contributed by atoms with Crippen LogP contribution >= 0.6 is 0 Å². The molecule has 0 spiro atoms. The third-order valence-electron chi connectivity index (χ3n) is 5.68. The molecule has 0 aromatic rings. The molecular formula is C25H45N3O7. The van der Waals surface area contributed by atoms with Gasteiger partial charge in [-0.2, -0.15) is 0 Å². The maximum absolute atomic E-state index is 13.1. The monoisotopic (exact) mass is 499 g/mol. The highest BCUT2D eigenvalue weighted by atomic mass is 16.4. The van der Waals surface area contributed by atoms with E-state index in [4.69, 9.17) is 5.11 Å². The number of hydrogen-bond acceptors (Lipinski definition) is 6. The Labute approximate surface area is 209 Å². The summed E-state index contributed by atoms with van der Waals surface area (Å²) in [5.41, 5.74) is 0. The largest absolute Gasteiger partial charge is 0.481 e. The third kappa shape index (κ3) is 13.2. The Bertz CT molecular complexity index is 709. The smallest absolute Gasteiger partial charge is 0.303 e. The quantitative estimate of drug-likeness (QED) is 0.180. The topological polar surface area (TPSA) is 162 Å². The molecule has 35 heavy (non-hydrogen) atoms. The van der Waals surface area contributed by atoms with Crippen LogP contribution < -0.4 is 16.0 Å². The van der Waals surface area contributed by atoms with Crippen molar-refractivity contribution in [2.75, 3.05) is 6.61 Å². The van der Waals surface area contributed by atoms with E-state index in [2.05, 4.69) is 16.0 Å². The number of unbranched alkanes of at least 4 members (excludes halogenated alkanes) is 2. The first-order valence-corrected chi connectivity index (χ1v) is 12.6. The molecule has 4 atom stereocenters. The average Bonchev–Trinajstić information content (AvgIpc) is 2.77. The van der Waals surface area contributed by atoms with Crippen LogP contribution in [0.1, 0.15) is 86.5 Å². The number of aliphatic hydroxyl groups excluding tert-OH is 1. The molecule has 0 radical (unpaired) electrons. The first-order valence-electron chi connectivity index (χ1n) is 12.6. The fraction of sp³-hybridized carbons (Fsp3) is 0.800. The van der Waals surface area contributed by atoms with Crippen molar-refractivity contribution in [3.05, 3.63) is 0 Å². The molecule has 5 N–H and O–H groups in total. The molecule has 0 heterocycles. The number of carbonyl (C=O) groups is 5. The van der Waals surface area contributed by atoms with Gasteiger partial charge in [-0.05, 0) is 31.1 Å². The van der Waals surface area contributed by atoms with Crippen molar-refractivity contribution in [1.29, 1.82) is 0 Å². The van der Waals surface area contributed by atoms with Crippen LogP contribution in [0.4, 0.5) is 0 Å². The fourth-order valence-electron chi connectivity index (χ4n) is 3.54. The van der Waals surface area contributed by atoms with Crippen molar-refractivity contribution in [3.63, 3.8) is 0 Å². The van der Waals surface area contributed by atoms with Gasteiger partial charge in [0.05, 0.1) is 12.6 Å². The van der Waals surface area contributed by atoms with Gasteiger partial charge in [0.15, 0.2) is 5.78 Å². The first kappa shape index (κ1) is 32.5. The summed E-state index contributed by atoms with van der Waals surface area (Å²) in [6, 6.07) is -2.98. The molecule has 10 heteroatoms. The summed E-state index contributed by atoms with van der Waals surface area (Å²) in [5.74, 6) is -3.89. The number of Topliss-reactive ketones (excluding diaryl/α,β-unsaturated/α-hetero) is 1. The van der Waals surface area contributed by atoms with Crippen LogP contribution in [0.15, 0.2) is 0 Å². The number of carbonyl (C=O) groups excluding carboxylic acids is 4. The number of hydrogen-bond donors (Lipinski definition) is 5. The van der Waals surface area contributed by atoms with Gasteiger partial charge < -0.3 is 26.2 Å². The zero-order valence-electron chi connectivity index (χ0n) is 22.1. The van der Waals surface area contributed by atoms with Gasteiger partial charge >= 0.3 is 5.97 Å². The highest BCUT2D eigenvalue weighted by Crippen LogP contribution is 2.12. The van der Waals surface area contributed by atoms with E-state index in [1.54, 1.807) is 20.8 Å². The lowest BCUT2D eigenvalue weighted by Crippen LogP contribution is -2.57. The van der Waals surface area contributed by atoms with Crippen molar-refractivity contribution in [2.45, 2.75) is 105 Å². The molecule has 3 amide bonds. The molecule has 0 rings (SSSR count). The van der Waals surface area contributed by atoms with Gasteiger partial charge in [0.25, 0.3) is 0 Å². The maximum atomic E-state index is 13.1. The van der Waals surface area contributed by atoms with Gasteiger partial charge in [-0.15, -0.1) is 0 Å². The Kier molecular flexibility index (Phi) is 15.8. The van der Waals surface area contributed by atoms with E-state index < -0.39 is 41.8 Å². The number of ketones is 1. The molecule has 0 fully saturated rings. The minimum Gasteiger partial charge on any atom is -0.481 e. The van der Waals surface area contributed by atoms with Crippen LogP contribution in [-0.4, -0.2) is 64.4 Å². The van der Waals surface area contributed by atoms with Crippen molar-refractivity contribution in [2.24, 2.45) is 17.8 Å². The van der Waals surface area contributed by atoms with E-state index in [9.17, 15) is 29.1 Å². The van der Waals surface area contributed by atoms with E-state index in [0.717, 1.165) is 12.8 Å². The highest BCUT2D eigenvalue weighted by molar-refractivity contribution is 5.95. The van der Waals surface area contributed by atoms with E-state index in [1.807, 2.05) is 20.8 Å². The normalized spacial score (nSPS) is 14.7. The second-order valence-corrected chi connectivity index (χ2v) is 9.92. The van der Waals surface area contributed by atoms with Crippen LogP contribution in [0, 0.1) is 17.8 Å². The summed E-state index contributed by atoms with van der Waals surface area (Å²) in [5, 5.41) is 26.4. The molecule has 0 aliphatic heterocycles. The SMILES string of the molecule is CCCCCC(=O)NC(C(=O)NC(CCC(=O)O)C(=O)NC(CC(C)C)C(=O)C(C)CO)C(C)C. The second-order valence-electron chi connectivity index (χ2n) is 9.92. The molecule has 0 aliphatic rings. The number of aliphatic carboxylic acids is 1. The molecule has 0 saturated carbocycles. The predicted molar refractivity (Wildman–Crippen MR) is 132 cm³/mol. The van der Waals surface area contributed by atoms with Crippen LogP contribution in [0.2, 0.25) is 0 Å². The fourth-order valence-corrected chi connectivity index (χ4v) is 3.54. The molecular weight excluding hydrogens is 454 g/mol. The van der Waals surface area contributed by atoms with Gasteiger partial charge in [-0.25, -0.2) is 0 Å². The molecule has 0 aromatic heterocycles. The lowest BCUT2D eigenvalue weighted by atomic mass is 9.93. The predicted octanol–water partition coefficient (Wildman–Crippen LogP) is 1.79. The molecule has 4 unspecified atom stereocenters. The van der Waals surface area contributed by atoms with Crippen molar-refractivity contribution < 1.29 is 34.2 Å². The van der Waals surface area contributed by atoms with Crippen LogP contribution in [0.5, 0.6) is 0 Å². The van der Waals surface area contributed by atoms with Crippen LogP contribution in [-0.2, 0) is 24.0 Å². The minimum absolute atomic E-state index is 0.0652. The lowest BCUT2D eigenvalue weighted by Gasteiger charge is -2.27. The van der Waals surface area contributed by atoms with E-state index in [-0.39, 0.29) is 49.4 Å². The number of aliphatic hydroxyl groups is 1. The van der Waals surface area contributed by atoms with Gasteiger partial charge in [-0.1, -0.05) is 54.4 Å². The summed E-state index contributed by atoms with van der Waals surface area (Å²) < 4.78 is 0. The summed E-state index contributed by atoms with van der Waals surface area (Å²) in [6.07, 6.45) is 2.63. The average molecular weight is 500 g/mol. The Morgan fingerprint density at radius 1 is 0.800 bits per heavy atom. The number of amides is 3. The minimum atomic E-state index is -1.20. The third-order valence-corrected chi connectivity index (χ3v) is 5.68. The number of carboxylic acid groups (broad SMARTS) is 1. The number of rotatable bonds is 18. The number of nitrogens with one attached hydrogen (secondary N) is 3. The van der Waals surface area contributed by atoms with E-state index in [0.29, 0.717) is 12.8 Å². The summed E-state index contributed by atoms with van der Waals surface area (Å²) in [4.78, 5) is 62.2. The van der Waals surface area contributed by atoms with Gasteiger partial charge in [0.2, 0.25) is 17.7 Å². The van der Waals surface area contributed by atoms with E-state index in [1.165, 1.54) is 0 Å². The Morgan fingerprint density at radius 3 is 1.89 bits per heavy atom. The Balaban J connectivity index is 5.57. The standard InChI is InChI=1S/C25H45N3O7/c1-7-8-9-10-20(30)28-22(16(4)5)25(35)26-18(11-12-21(31)32)24(34)27-19(13-15(2)3)23(33)17(6)14-29/h15-19,22,29H,7-14H2,1-6H3,(H,26,35)(H,27,34)(H,28,30)(H,31,32). The molecule has 10 nitrogen and oxygen atoms in total. The first-order chi connectivity index (χ1) is 16.3. The summed E-state index contributed by atoms with van der Waals surface area (Å²) in [6.45, 7) is 10.5. The Morgan fingerprint density at radius 2 is 1.40 bits per heavy atom. The molecule has 0 aromatic carbocycles. The molecule has 0 saturated heterocycles. The Hall–Kier alpha value is -2.49. The number of carboxylic acids is 1. The van der Waals surface area contributed by atoms with Crippen molar-refractivity contribution in [3.8, 4) is 0 Å². The lowest BCUT2D eigenvalue weighted by molar-refractivity contribution is -0.138.